The third kappa shape index (κ3) is 4.47. The normalized spacial score (nSPS) is 15.9. The molecule has 0 aliphatic carbocycles. The van der Waals surface area contributed by atoms with E-state index in [0.29, 0.717) is 18.8 Å². The van der Waals surface area contributed by atoms with Crippen LogP contribution in [0.1, 0.15) is 29.8 Å². The Morgan fingerprint density at radius 3 is 2.69 bits per heavy atom. The molecule has 1 saturated heterocycles. The second-order valence-electron chi connectivity index (χ2n) is 6.76. The van der Waals surface area contributed by atoms with Gasteiger partial charge in [0.1, 0.15) is 0 Å². The summed E-state index contributed by atoms with van der Waals surface area (Å²) in [4.78, 5) is 17.4. The van der Waals surface area contributed by atoms with Crippen LogP contribution >= 0.6 is 0 Å². The minimum Gasteiger partial charge on any atom is -0.385 e. The molecule has 3 rings (SSSR count). The second kappa shape index (κ2) is 8.91. The van der Waals surface area contributed by atoms with Crippen molar-refractivity contribution in [2.24, 2.45) is 0 Å². The first-order valence-electron chi connectivity index (χ1n) is 9.15. The molecule has 1 fully saturated rings. The monoisotopic (exact) mass is 357 g/mol. The number of likely N-dealkylation sites (tertiary alicyclic amines) is 1. The minimum absolute atomic E-state index is 0.0437. The number of nitrogens with zero attached hydrogens (tertiary/aromatic N) is 5. The van der Waals surface area contributed by atoms with E-state index in [1.807, 2.05) is 35.2 Å². The van der Waals surface area contributed by atoms with Crippen molar-refractivity contribution in [3.63, 3.8) is 0 Å². The van der Waals surface area contributed by atoms with Gasteiger partial charge in [-0.1, -0.05) is 23.4 Å². The van der Waals surface area contributed by atoms with Crippen molar-refractivity contribution in [1.29, 1.82) is 0 Å². The van der Waals surface area contributed by atoms with Crippen molar-refractivity contribution < 1.29 is 9.53 Å². The summed E-state index contributed by atoms with van der Waals surface area (Å²) < 4.78 is 6.81. The lowest BCUT2D eigenvalue weighted by Gasteiger charge is -2.37. The van der Waals surface area contributed by atoms with Crippen molar-refractivity contribution in [3.05, 3.63) is 42.2 Å². The molecule has 0 spiro atoms. The summed E-state index contributed by atoms with van der Waals surface area (Å²) in [5.74, 6) is -0.0437. The van der Waals surface area contributed by atoms with Crippen LogP contribution in [0.3, 0.4) is 0 Å². The van der Waals surface area contributed by atoms with E-state index in [-0.39, 0.29) is 11.9 Å². The Morgan fingerprint density at radius 2 is 2.00 bits per heavy atom. The number of hydrogen-bond acceptors (Lipinski definition) is 5. The summed E-state index contributed by atoms with van der Waals surface area (Å²) in [5.41, 5.74) is 1.29. The van der Waals surface area contributed by atoms with E-state index >= 15 is 0 Å². The van der Waals surface area contributed by atoms with Crippen LogP contribution in [0.25, 0.3) is 5.69 Å². The summed E-state index contributed by atoms with van der Waals surface area (Å²) >= 11 is 0. The molecule has 1 aliphatic rings. The molecule has 0 radical (unpaired) electrons. The number of aromatic nitrogens is 3. The SMILES string of the molecule is COCCCN(C(=O)c1cn(-c2ccccc2)nn1)C1CCN(C)CC1. The molecule has 7 nitrogen and oxygen atoms in total. The van der Waals surface area contributed by atoms with Crippen LogP contribution in [0.15, 0.2) is 36.5 Å². The van der Waals surface area contributed by atoms with Crippen molar-refractivity contribution in [3.8, 4) is 5.69 Å². The second-order valence-corrected chi connectivity index (χ2v) is 6.76. The van der Waals surface area contributed by atoms with Crippen molar-refractivity contribution in [2.45, 2.75) is 25.3 Å². The van der Waals surface area contributed by atoms with E-state index in [9.17, 15) is 4.79 Å². The van der Waals surface area contributed by atoms with Crippen molar-refractivity contribution >= 4 is 5.91 Å². The van der Waals surface area contributed by atoms with Crippen LogP contribution in [0.5, 0.6) is 0 Å². The first-order valence-corrected chi connectivity index (χ1v) is 9.15. The van der Waals surface area contributed by atoms with Gasteiger partial charge >= 0.3 is 0 Å². The molecule has 1 aromatic carbocycles. The summed E-state index contributed by atoms with van der Waals surface area (Å²) in [6.45, 7) is 3.34. The Morgan fingerprint density at radius 1 is 1.27 bits per heavy atom. The smallest absolute Gasteiger partial charge is 0.276 e. The van der Waals surface area contributed by atoms with Gasteiger partial charge in [-0.3, -0.25) is 4.79 Å². The third-order valence-electron chi connectivity index (χ3n) is 4.87. The number of ether oxygens (including phenoxy) is 1. The molecule has 0 unspecified atom stereocenters. The Labute approximate surface area is 154 Å². The zero-order valence-electron chi connectivity index (χ0n) is 15.5. The molecule has 2 aromatic rings. The highest BCUT2D eigenvalue weighted by molar-refractivity contribution is 5.92. The summed E-state index contributed by atoms with van der Waals surface area (Å²) in [5, 5.41) is 8.26. The van der Waals surface area contributed by atoms with E-state index in [1.54, 1.807) is 18.0 Å². The molecule has 1 aliphatic heterocycles. The van der Waals surface area contributed by atoms with Gasteiger partial charge in [-0.25, -0.2) is 4.68 Å². The standard InChI is InChI=1S/C19H27N5O2/c1-22-12-9-16(10-13-22)23(11-6-14-26-2)19(25)18-15-24(21-20-18)17-7-4-3-5-8-17/h3-5,7-8,15-16H,6,9-14H2,1-2H3. The summed E-state index contributed by atoms with van der Waals surface area (Å²) in [6, 6.07) is 9.95. The lowest BCUT2D eigenvalue weighted by Crippen LogP contribution is -2.47. The van der Waals surface area contributed by atoms with E-state index in [0.717, 1.165) is 38.0 Å². The predicted octanol–water partition coefficient (Wildman–Crippen LogP) is 1.84. The van der Waals surface area contributed by atoms with Crippen molar-refractivity contribution in [2.75, 3.05) is 40.4 Å². The van der Waals surface area contributed by atoms with Gasteiger partial charge < -0.3 is 14.5 Å². The highest BCUT2D eigenvalue weighted by atomic mass is 16.5. The van der Waals surface area contributed by atoms with Crippen LogP contribution in [-0.2, 0) is 4.74 Å². The molecule has 0 atom stereocenters. The maximum Gasteiger partial charge on any atom is 0.276 e. The van der Waals surface area contributed by atoms with Gasteiger partial charge in [0.05, 0.1) is 11.9 Å². The number of para-hydroxylation sites is 1. The highest BCUT2D eigenvalue weighted by Gasteiger charge is 2.28. The van der Waals surface area contributed by atoms with Gasteiger partial charge in [-0.05, 0) is 51.5 Å². The van der Waals surface area contributed by atoms with E-state index in [1.165, 1.54) is 0 Å². The van der Waals surface area contributed by atoms with Gasteiger partial charge in [0.2, 0.25) is 0 Å². The van der Waals surface area contributed by atoms with Gasteiger partial charge in [0.15, 0.2) is 5.69 Å². The molecule has 26 heavy (non-hydrogen) atoms. The average molecular weight is 357 g/mol. The van der Waals surface area contributed by atoms with E-state index in [2.05, 4.69) is 22.3 Å². The Hall–Kier alpha value is -2.25. The highest BCUT2D eigenvalue weighted by Crippen LogP contribution is 2.18. The molecule has 7 heteroatoms. The molecule has 2 heterocycles. The number of methoxy groups -OCH3 is 1. The fourth-order valence-corrected chi connectivity index (χ4v) is 3.35. The van der Waals surface area contributed by atoms with Gasteiger partial charge in [0.25, 0.3) is 5.91 Å². The lowest BCUT2D eigenvalue weighted by molar-refractivity contribution is 0.0558. The van der Waals surface area contributed by atoms with Crippen LogP contribution in [0.2, 0.25) is 0 Å². The number of carbonyl (C=O) groups is 1. The maximum absolute atomic E-state index is 13.1. The molecule has 1 amide bonds. The first kappa shape index (κ1) is 18.5. The molecule has 0 saturated carbocycles. The Bertz CT molecular complexity index is 695. The largest absolute Gasteiger partial charge is 0.385 e. The van der Waals surface area contributed by atoms with Gasteiger partial charge in [-0.15, -0.1) is 5.10 Å². The number of hydrogen-bond donors (Lipinski definition) is 0. The van der Waals surface area contributed by atoms with E-state index in [4.69, 9.17) is 4.74 Å². The molecule has 1 aromatic heterocycles. The Balaban J connectivity index is 1.75. The number of carbonyl (C=O) groups excluding carboxylic acids is 1. The molecular weight excluding hydrogens is 330 g/mol. The number of amides is 1. The predicted molar refractivity (Wildman–Crippen MR) is 99.4 cm³/mol. The lowest BCUT2D eigenvalue weighted by atomic mass is 10.0. The summed E-state index contributed by atoms with van der Waals surface area (Å²) in [6.07, 6.45) is 4.52. The topological polar surface area (TPSA) is 63.5 Å². The van der Waals surface area contributed by atoms with Crippen LogP contribution in [-0.4, -0.2) is 77.1 Å². The molecule has 140 valence electrons. The fraction of sp³-hybridized carbons (Fsp3) is 0.526. The quantitative estimate of drug-likeness (QED) is 0.708. The first-order chi connectivity index (χ1) is 12.7. The molecule has 0 bridgehead atoms. The van der Waals surface area contributed by atoms with Crippen LogP contribution in [0.4, 0.5) is 0 Å². The number of benzene rings is 1. The Kier molecular flexibility index (Phi) is 6.35. The number of piperidine rings is 1. The molecular formula is C19H27N5O2. The zero-order chi connectivity index (χ0) is 18.4. The van der Waals surface area contributed by atoms with Gasteiger partial charge in [-0.2, -0.15) is 0 Å². The third-order valence-corrected chi connectivity index (χ3v) is 4.87. The fourth-order valence-electron chi connectivity index (χ4n) is 3.35. The number of rotatable bonds is 7. The average Bonchev–Trinajstić information content (AvgIpc) is 3.17. The summed E-state index contributed by atoms with van der Waals surface area (Å²) in [7, 11) is 3.81. The van der Waals surface area contributed by atoms with Crippen LogP contribution < -0.4 is 0 Å². The maximum atomic E-state index is 13.1. The van der Waals surface area contributed by atoms with Crippen molar-refractivity contribution in [1.82, 2.24) is 24.8 Å². The minimum atomic E-state index is -0.0437. The zero-order valence-corrected chi connectivity index (χ0v) is 15.5. The molecule has 0 N–H and O–H groups in total. The van der Waals surface area contributed by atoms with Crippen LogP contribution in [0, 0.1) is 0 Å². The van der Waals surface area contributed by atoms with E-state index < -0.39 is 0 Å². The van der Waals surface area contributed by atoms with Gasteiger partial charge in [0, 0.05) is 26.3 Å².